The Balaban J connectivity index is 2.45. The van der Waals surface area contributed by atoms with Crippen molar-refractivity contribution in [1.29, 1.82) is 0 Å². The van der Waals surface area contributed by atoms with Gasteiger partial charge in [0.2, 0.25) is 0 Å². The van der Waals surface area contributed by atoms with Gasteiger partial charge in [-0.2, -0.15) is 0 Å². The number of benzene rings is 1. The van der Waals surface area contributed by atoms with Gasteiger partial charge in [0.05, 0.1) is 12.5 Å². The van der Waals surface area contributed by atoms with Crippen molar-refractivity contribution in [3.63, 3.8) is 0 Å². The second-order valence-electron chi connectivity index (χ2n) is 4.61. The SMILES string of the molecule is CCCC(CC(=O)O)n1nnnc1-c1cc(I)ccc1Br. The standard InChI is InChI=1S/C13H14BrIN4O2/c1-2-3-9(7-12(20)21)19-13(16-17-18-19)10-6-8(15)4-5-11(10)14/h4-6,9H,2-3,7H2,1H3,(H,20,21). The molecule has 0 aliphatic heterocycles. The molecule has 6 nitrogen and oxygen atoms in total. The Morgan fingerprint density at radius 3 is 2.95 bits per heavy atom. The summed E-state index contributed by atoms with van der Waals surface area (Å²) in [5, 5.41) is 20.9. The minimum Gasteiger partial charge on any atom is -0.481 e. The first-order valence-electron chi connectivity index (χ1n) is 6.48. The summed E-state index contributed by atoms with van der Waals surface area (Å²) in [6.07, 6.45) is 1.59. The van der Waals surface area contributed by atoms with Crippen LogP contribution in [0.15, 0.2) is 22.7 Å². The van der Waals surface area contributed by atoms with E-state index in [4.69, 9.17) is 5.11 Å². The van der Waals surface area contributed by atoms with Gasteiger partial charge in [0.15, 0.2) is 5.82 Å². The van der Waals surface area contributed by atoms with E-state index in [0.717, 1.165) is 20.0 Å². The van der Waals surface area contributed by atoms with Gasteiger partial charge in [-0.3, -0.25) is 4.79 Å². The Kier molecular flexibility index (Phi) is 5.68. The van der Waals surface area contributed by atoms with E-state index in [1.165, 1.54) is 0 Å². The molecule has 1 N–H and O–H groups in total. The summed E-state index contributed by atoms with van der Waals surface area (Å²) < 4.78 is 3.56. The van der Waals surface area contributed by atoms with Gasteiger partial charge in [0.1, 0.15) is 0 Å². The van der Waals surface area contributed by atoms with Gasteiger partial charge < -0.3 is 5.11 Å². The molecule has 2 rings (SSSR count). The summed E-state index contributed by atoms with van der Waals surface area (Å²) in [4.78, 5) is 11.1. The van der Waals surface area contributed by atoms with E-state index in [0.29, 0.717) is 12.2 Å². The maximum Gasteiger partial charge on any atom is 0.305 e. The Labute approximate surface area is 144 Å². The number of carbonyl (C=O) groups is 1. The highest BCUT2D eigenvalue weighted by Crippen LogP contribution is 2.30. The van der Waals surface area contributed by atoms with Crippen LogP contribution in [-0.2, 0) is 4.79 Å². The van der Waals surface area contributed by atoms with Crippen molar-refractivity contribution >= 4 is 44.5 Å². The summed E-state index contributed by atoms with van der Waals surface area (Å²) in [6.45, 7) is 2.01. The number of rotatable bonds is 6. The number of aromatic nitrogens is 4. The maximum atomic E-state index is 11.1. The fourth-order valence-electron chi connectivity index (χ4n) is 2.13. The molecule has 0 saturated heterocycles. The normalized spacial score (nSPS) is 12.3. The molecular formula is C13H14BrIN4O2. The van der Waals surface area contributed by atoms with E-state index in [1.807, 2.05) is 25.1 Å². The molecule has 0 radical (unpaired) electrons. The predicted octanol–water partition coefficient (Wildman–Crippen LogP) is 3.52. The van der Waals surface area contributed by atoms with Gasteiger partial charge in [0.25, 0.3) is 0 Å². The first-order chi connectivity index (χ1) is 10.0. The molecule has 1 unspecified atom stereocenters. The van der Waals surface area contributed by atoms with Crippen LogP contribution in [0.4, 0.5) is 0 Å². The number of hydrogen-bond donors (Lipinski definition) is 1. The lowest BCUT2D eigenvalue weighted by Crippen LogP contribution is -2.16. The molecule has 1 aromatic carbocycles. The maximum absolute atomic E-state index is 11.1. The van der Waals surface area contributed by atoms with Crippen molar-refractivity contribution < 1.29 is 9.90 Å². The van der Waals surface area contributed by atoms with Gasteiger partial charge >= 0.3 is 5.97 Å². The van der Waals surface area contributed by atoms with E-state index in [1.54, 1.807) is 4.68 Å². The molecule has 0 fully saturated rings. The molecule has 0 spiro atoms. The number of aliphatic carboxylic acids is 1. The second kappa shape index (κ2) is 7.30. The number of nitrogens with zero attached hydrogens (tertiary/aromatic N) is 4. The average Bonchev–Trinajstić information content (AvgIpc) is 2.89. The molecule has 1 heterocycles. The molecule has 112 valence electrons. The van der Waals surface area contributed by atoms with Crippen LogP contribution in [0.2, 0.25) is 0 Å². The Bertz CT molecular complexity index is 647. The van der Waals surface area contributed by atoms with Crippen LogP contribution >= 0.6 is 38.5 Å². The van der Waals surface area contributed by atoms with Gasteiger partial charge in [-0.25, -0.2) is 4.68 Å². The molecule has 21 heavy (non-hydrogen) atoms. The lowest BCUT2D eigenvalue weighted by molar-refractivity contribution is -0.138. The topological polar surface area (TPSA) is 80.9 Å². The van der Waals surface area contributed by atoms with Gasteiger partial charge in [0, 0.05) is 13.6 Å². The monoisotopic (exact) mass is 464 g/mol. The third kappa shape index (κ3) is 4.00. The van der Waals surface area contributed by atoms with Gasteiger partial charge in [-0.1, -0.05) is 29.3 Å². The van der Waals surface area contributed by atoms with E-state index in [-0.39, 0.29) is 12.5 Å². The Morgan fingerprint density at radius 1 is 1.52 bits per heavy atom. The van der Waals surface area contributed by atoms with Crippen molar-refractivity contribution in [3.05, 3.63) is 26.2 Å². The highest BCUT2D eigenvalue weighted by atomic mass is 127. The third-order valence-corrected chi connectivity index (χ3v) is 4.40. The summed E-state index contributed by atoms with van der Waals surface area (Å²) >= 11 is 5.72. The quantitative estimate of drug-likeness (QED) is 0.661. The fraction of sp³-hybridized carbons (Fsp3) is 0.385. The van der Waals surface area contributed by atoms with Crippen LogP contribution in [0.25, 0.3) is 11.4 Å². The smallest absolute Gasteiger partial charge is 0.305 e. The van der Waals surface area contributed by atoms with Crippen molar-refractivity contribution in [2.45, 2.75) is 32.2 Å². The van der Waals surface area contributed by atoms with Crippen LogP contribution < -0.4 is 0 Å². The molecule has 0 aliphatic rings. The molecule has 0 saturated carbocycles. The summed E-state index contributed by atoms with van der Waals surface area (Å²) in [5.74, 6) is -0.267. The first kappa shape index (κ1) is 16.3. The predicted molar refractivity (Wildman–Crippen MR) is 89.9 cm³/mol. The summed E-state index contributed by atoms with van der Waals surface area (Å²) in [7, 11) is 0. The molecule has 1 atom stereocenters. The van der Waals surface area contributed by atoms with Crippen molar-refractivity contribution in [2.24, 2.45) is 0 Å². The van der Waals surface area contributed by atoms with E-state index < -0.39 is 5.97 Å². The van der Waals surface area contributed by atoms with Crippen LogP contribution in [0, 0.1) is 3.57 Å². The van der Waals surface area contributed by atoms with Crippen molar-refractivity contribution in [2.75, 3.05) is 0 Å². The number of carboxylic acids is 1. The highest BCUT2D eigenvalue weighted by molar-refractivity contribution is 14.1. The van der Waals surface area contributed by atoms with Gasteiger partial charge in [-0.15, -0.1) is 5.10 Å². The van der Waals surface area contributed by atoms with Crippen molar-refractivity contribution in [1.82, 2.24) is 20.2 Å². The molecule has 2 aromatic rings. The fourth-order valence-corrected chi connectivity index (χ4v) is 3.05. The summed E-state index contributed by atoms with van der Waals surface area (Å²) in [6, 6.07) is 5.63. The number of carboxylic acid groups (broad SMARTS) is 1. The van der Waals surface area contributed by atoms with Crippen LogP contribution in [0.5, 0.6) is 0 Å². The largest absolute Gasteiger partial charge is 0.481 e. The molecule has 0 bridgehead atoms. The summed E-state index contributed by atoms with van der Waals surface area (Å²) in [5.41, 5.74) is 0.860. The minimum atomic E-state index is -0.850. The molecule has 0 amide bonds. The lowest BCUT2D eigenvalue weighted by Gasteiger charge is -2.16. The molecule has 1 aromatic heterocycles. The van der Waals surface area contributed by atoms with E-state index >= 15 is 0 Å². The van der Waals surface area contributed by atoms with E-state index in [2.05, 4.69) is 54.0 Å². The minimum absolute atomic E-state index is 0.00737. The Hall–Kier alpha value is -1.03. The van der Waals surface area contributed by atoms with Gasteiger partial charge in [-0.05, 0) is 57.6 Å². The number of hydrogen-bond acceptors (Lipinski definition) is 4. The first-order valence-corrected chi connectivity index (χ1v) is 8.35. The molecule has 8 heteroatoms. The molecule has 0 aliphatic carbocycles. The van der Waals surface area contributed by atoms with Crippen LogP contribution in [0.1, 0.15) is 32.2 Å². The highest BCUT2D eigenvalue weighted by Gasteiger charge is 2.21. The Morgan fingerprint density at radius 2 is 2.29 bits per heavy atom. The average molecular weight is 465 g/mol. The number of tetrazole rings is 1. The van der Waals surface area contributed by atoms with E-state index in [9.17, 15) is 4.79 Å². The van der Waals surface area contributed by atoms with Crippen molar-refractivity contribution in [3.8, 4) is 11.4 Å². The molecular weight excluding hydrogens is 451 g/mol. The number of halogens is 2. The lowest BCUT2D eigenvalue weighted by atomic mass is 10.1. The zero-order chi connectivity index (χ0) is 15.4. The second-order valence-corrected chi connectivity index (χ2v) is 6.71. The third-order valence-electron chi connectivity index (χ3n) is 3.04. The zero-order valence-corrected chi connectivity index (χ0v) is 15.1. The van der Waals surface area contributed by atoms with Crippen LogP contribution in [-0.4, -0.2) is 31.3 Å². The van der Waals surface area contributed by atoms with Crippen LogP contribution in [0.3, 0.4) is 0 Å². The zero-order valence-electron chi connectivity index (χ0n) is 11.3.